The van der Waals surface area contributed by atoms with E-state index in [1.807, 2.05) is 36.4 Å². The van der Waals surface area contributed by atoms with Gasteiger partial charge in [0.05, 0.1) is 24.3 Å². The van der Waals surface area contributed by atoms with Gasteiger partial charge in [0.2, 0.25) is 0 Å². The van der Waals surface area contributed by atoms with Crippen molar-refractivity contribution >= 4 is 27.8 Å². The van der Waals surface area contributed by atoms with Gasteiger partial charge in [0.25, 0.3) is 5.91 Å². The predicted octanol–water partition coefficient (Wildman–Crippen LogP) is 4.15. The van der Waals surface area contributed by atoms with Crippen molar-refractivity contribution in [2.24, 2.45) is 0 Å². The van der Waals surface area contributed by atoms with Crippen LogP contribution in [0.5, 0.6) is 17.2 Å². The number of benzene rings is 2. The van der Waals surface area contributed by atoms with E-state index in [4.69, 9.17) is 18.6 Å². The Morgan fingerprint density at radius 3 is 2.71 bits per heavy atom. The van der Waals surface area contributed by atoms with E-state index in [-0.39, 0.29) is 5.91 Å². The van der Waals surface area contributed by atoms with Gasteiger partial charge in [-0.25, -0.2) is 0 Å². The first kappa shape index (κ1) is 22.2. The average molecular weight is 462 g/mol. The van der Waals surface area contributed by atoms with E-state index in [1.54, 1.807) is 26.2 Å². The van der Waals surface area contributed by atoms with Crippen LogP contribution < -0.4 is 14.8 Å². The zero-order valence-electron chi connectivity index (χ0n) is 19.3. The third-order valence-electron chi connectivity index (χ3n) is 5.97. The maximum atomic E-state index is 12.2. The fourth-order valence-electron chi connectivity index (χ4n) is 4.19. The average Bonchev–Trinajstić information content (AvgIpc) is 3.19. The van der Waals surface area contributed by atoms with Gasteiger partial charge < -0.3 is 23.9 Å². The SMILES string of the molecule is CNC(=O)c1c(C)oc2cc(Oc3ccnc4cc(OCCN5CCOCC5)ccc34)ccc12. The summed E-state index contributed by atoms with van der Waals surface area (Å²) in [5, 5.41) is 4.29. The van der Waals surface area contributed by atoms with Crippen molar-refractivity contribution in [3.8, 4) is 17.2 Å². The lowest BCUT2D eigenvalue weighted by atomic mass is 10.1. The quantitative estimate of drug-likeness (QED) is 0.442. The number of nitrogens with one attached hydrogen (secondary N) is 1. The monoisotopic (exact) mass is 461 g/mol. The molecule has 0 saturated carbocycles. The molecule has 5 rings (SSSR count). The number of carbonyl (C=O) groups excluding carboxylic acids is 1. The second-order valence-corrected chi connectivity index (χ2v) is 8.16. The molecule has 176 valence electrons. The second-order valence-electron chi connectivity index (χ2n) is 8.16. The molecule has 1 amide bonds. The number of morpholine rings is 1. The van der Waals surface area contributed by atoms with Crippen molar-refractivity contribution in [1.29, 1.82) is 0 Å². The number of amides is 1. The molecular weight excluding hydrogens is 434 g/mol. The summed E-state index contributed by atoms with van der Waals surface area (Å²) in [4.78, 5) is 19.0. The molecule has 2 aromatic carbocycles. The van der Waals surface area contributed by atoms with Gasteiger partial charge in [-0.15, -0.1) is 0 Å². The highest BCUT2D eigenvalue weighted by molar-refractivity contribution is 6.07. The summed E-state index contributed by atoms with van der Waals surface area (Å²) in [5.74, 6) is 2.47. The first-order chi connectivity index (χ1) is 16.6. The van der Waals surface area contributed by atoms with Crippen LogP contribution in [-0.4, -0.2) is 62.3 Å². The fraction of sp³-hybridized carbons (Fsp3) is 0.308. The molecule has 8 nitrogen and oxygen atoms in total. The molecule has 8 heteroatoms. The molecule has 0 unspecified atom stereocenters. The number of hydrogen-bond acceptors (Lipinski definition) is 7. The molecule has 0 radical (unpaired) electrons. The van der Waals surface area contributed by atoms with E-state index >= 15 is 0 Å². The van der Waals surface area contributed by atoms with E-state index in [2.05, 4.69) is 15.2 Å². The van der Waals surface area contributed by atoms with Crippen molar-refractivity contribution in [3.05, 3.63) is 60.0 Å². The summed E-state index contributed by atoms with van der Waals surface area (Å²) >= 11 is 0. The molecule has 1 aliphatic rings. The van der Waals surface area contributed by atoms with E-state index in [9.17, 15) is 4.79 Å². The summed E-state index contributed by atoms with van der Waals surface area (Å²) < 4.78 is 23.3. The van der Waals surface area contributed by atoms with Gasteiger partial charge in [0, 0.05) is 55.8 Å². The minimum atomic E-state index is -0.173. The number of rotatable bonds is 7. The summed E-state index contributed by atoms with van der Waals surface area (Å²) in [6, 6.07) is 13.1. The first-order valence-electron chi connectivity index (χ1n) is 11.4. The number of pyridine rings is 1. The van der Waals surface area contributed by atoms with Crippen LogP contribution in [-0.2, 0) is 4.74 Å². The van der Waals surface area contributed by atoms with Crippen molar-refractivity contribution in [3.63, 3.8) is 0 Å². The Morgan fingerprint density at radius 2 is 1.88 bits per heavy atom. The number of furan rings is 1. The molecule has 1 N–H and O–H groups in total. The van der Waals surface area contributed by atoms with Gasteiger partial charge in [-0.3, -0.25) is 14.7 Å². The Bertz CT molecular complexity index is 1330. The Kier molecular flexibility index (Phi) is 6.33. The van der Waals surface area contributed by atoms with Crippen LogP contribution in [0.15, 0.2) is 53.1 Å². The van der Waals surface area contributed by atoms with Crippen LogP contribution >= 0.6 is 0 Å². The van der Waals surface area contributed by atoms with Crippen LogP contribution in [0.2, 0.25) is 0 Å². The van der Waals surface area contributed by atoms with Gasteiger partial charge in [0.15, 0.2) is 0 Å². The molecule has 0 aliphatic carbocycles. The van der Waals surface area contributed by atoms with Crippen molar-refractivity contribution < 1.29 is 23.4 Å². The molecule has 1 saturated heterocycles. The third kappa shape index (κ3) is 4.55. The van der Waals surface area contributed by atoms with Crippen molar-refractivity contribution in [2.75, 3.05) is 46.5 Å². The zero-order valence-corrected chi connectivity index (χ0v) is 19.3. The van der Waals surface area contributed by atoms with Gasteiger partial charge in [-0.05, 0) is 37.3 Å². The predicted molar refractivity (Wildman–Crippen MR) is 129 cm³/mol. The molecule has 2 aromatic heterocycles. The second kappa shape index (κ2) is 9.70. The van der Waals surface area contributed by atoms with E-state index in [0.717, 1.165) is 54.9 Å². The van der Waals surface area contributed by atoms with E-state index in [0.29, 0.717) is 35.0 Å². The molecule has 1 fully saturated rings. The van der Waals surface area contributed by atoms with Crippen molar-refractivity contribution in [1.82, 2.24) is 15.2 Å². The van der Waals surface area contributed by atoms with Crippen LogP contribution in [0.25, 0.3) is 21.9 Å². The van der Waals surface area contributed by atoms with Crippen molar-refractivity contribution in [2.45, 2.75) is 6.92 Å². The lowest BCUT2D eigenvalue weighted by Gasteiger charge is -2.26. The standard InChI is InChI=1S/C26H27N3O5/c1-17-25(26(30)27-2)21-6-4-19(16-24(21)33-17)34-23-7-8-28-22-15-18(3-5-20(22)23)32-14-11-29-9-12-31-13-10-29/h3-8,15-16H,9-14H2,1-2H3,(H,27,30). The number of aryl methyl sites for hydroxylation is 1. The molecule has 34 heavy (non-hydrogen) atoms. The van der Waals surface area contributed by atoms with Gasteiger partial charge >= 0.3 is 0 Å². The summed E-state index contributed by atoms with van der Waals surface area (Å²) in [6.45, 7) is 6.72. The normalized spacial score (nSPS) is 14.4. The highest BCUT2D eigenvalue weighted by Crippen LogP contribution is 2.34. The van der Waals surface area contributed by atoms with Gasteiger partial charge in [-0.1, -0.05) is 0 Å². The van der Waals surface area contributed by atoms with E-state index in [1.165, 1.54) is 0 Å². The molecule has 3 heterocycles. The minimum absolute atomic E-state index is 0.173. The highest BCUT2D eigenvalue weighted by atomic mass is 16.5. The van der Waals surface area contributed by atoms with Crippen LogP contribution in [0.4, 0.5) is 0 Å². The maximum Gasteiger partial charge on any atom is 0.255 e. The molecule has 0 bridgehead atoms. The maximum absolute atomic E-state index is 12.2. The Balaban J connectivity index is 1.32. The lowest BCUT2D eigenvalue weighted by Crippen LogP contribution is -2.38. The van der Waals surface area contributed by atoms with Crippen LogP contribution in [0, 0.1) is 6.92 Å². The number of fused-ring (bicyclic) bond motifs is 2. The largest absolute Gasteiger partial charge is 0.492 e. The summed E-state index contributed by atoms with van der Waals surface area (Å²) in [6.07, 6.45) is 1.72. The number of nitrogens with zero attached hydrogens (tertiary/aromatic N) is 2. The van der Waals surface area contributed by atoms with Gasteiger partial charge in [-0.2, -0.15) is 0 Å². The number of carbonyl (C=O) groups is 1. The van der Waals surface area contributed by atoms with Crippen LogP contribution in [0.3, 0.4) is 0 Å². The highest BCUT2D eigenvalue weighted by Gasteiger charge is 2.18. The van der Waals surface area contributed by atoms with Gasteiger partial charge in [0.1, 0.15) is 35.2 Å². The Hall–Kier alpha value is -3.62. The molecular formula is C26H27N3O5. The fourth-order valence-corrected chi connectivity index (χ4v) is 4.19. The van der Waals surface area contributed by atoms with E-state index < -0.39 is 0 Å². The number of ether oxygens (including phenoxy) is 3. The Morgan fingerprint density at radius 1 is 1.09 bits per heavy atom. The Labute approximate surface area is 197 Å². The minimum Gasteiger partial charge on any atom is -0.492 e. The molecule has 4 aromatic rings. The smallest absolute Gasteiger partial charge is 0.255 e. The zero-order chi connectivity index (χ0) is 23.5. The lowest BCUT2D eigenvalue weighted by molar-refractivity contribution is 0.0322. The molecule has 0 atom stereocenters. The first-order valence-corrected chi connectivity index (χ1v) is 11.4. The molecule has 0 spiro atoms. The molecule has 1 aliphatic heterocycles. The number of hydrogen-bond donors (Lipinski definition) is 1. The number of aromatic nitrogens is 1. The topological polar surface area (TPSA) is 86.1 Å². The van der Waals surface area contributed by atoms with Crippen LogP contribution in [0.1, 0.15) is 16.1 Å². The third-order valence-corrected chi connectivity index (χ3v) is 5.97. The summed E-state index contributed by atoms with van der Waals surface area (Å²) in [5.41, 5.74) is 1.93. The summed E-state index contributed by atoms with van der Waals surface area (Å²) in [7, 11) is 1.60.